The van der Waals surface area contributed by atoms with Crippen LogP contribution < -0.4 is 11.1 Å². The molecular formula is C13H26N2O2. The molecule has 3 N–H and O–H groups in total. The van der Waals surface area contributed by atoms with E-state index in [4.69, 9.17) is 10.5 Å². The van der Waals surface area contributed by atoms with Crippen LogP contribution in [0.3, 0.4) is 0 Å². The first-order chi connectivity index (χ1) is 8.17. The standard InChI is InChI=1S/C13H26N2O2/c1-3-9-15-10-5-7-11(8-6-10)17-12(4-2)13(14)16/h10-12,15H,3-9H2,1-2H3,(H2,14,16). The quantitative estimate of drug-likeness (QED) is 0.712. The first-order valence-electron chi connectivity index (χ1n) is 6.85. The Labute approximate surface area is 104 Å². The molecule has 1 atom stereocenters. The van der Waals surface area contributed by atoms with E-state index in [9.17, 15) is 4.79 Å². The maximum Gasteiger partial charge on any atom is 0.246 e. The third kappa shape index (κ3) is 5.04. The van der Waals surface area contributed by atoms with Gasteiger partial charge in [0.25, 0.3) is 0 Å². The van der Waals surface area contributed by atoms with Crippen LogP contribution in [-0.4, -0.2) is 30.7 Å². The summed E-state index contributed by atoms with van der Waals surface area (Å²) < 4.78 is 5.75. The summed E-state index contributed by atoms with van der Waals surface area (Å²) in [5.74, 6) is -0.335. The lowest BCUT2D eigenvalue weighted by Crippen LogP contribution is -2.39. The van der Waals surface area contributed by atoms with Crippen molar-refractivity contribution in [3.8, 4) is 0 Å². The number of carbonyl (C=O) groups excluding carboxylic acids is 1. The zero-order chi connectivity index (χ0) is 12.7. The predicted molar refractivity (Wildman–Crippen MR) is 68.7 cm³/mol. The van der Waals surface area contributed by atoms with Crippen molar-refractivity contribution in [2.75, 3.05) is 6.54 Å². The number of hydrogen-bond acceptors (Lipinski definition) is 3. The molecule has 0 aromatic rings. The minimum atomic E-state index is -0.403. The van der Waals surface area contributed by atoms with E-state index in [2.05, 4.69) is 12.2 Å². The molecule has 1 aliphatic carbocycles. The zero-order valence-electron chi connectivity index (χ0n) is 11.1. The van der Waals surface area contributed by atoms with Gasteiger partial charge in [-0.1, -0.05) is 13.8 Å². The number of rotatable bonds is 7. The van der Waals surface area contributed by atoms with Gasteiger partial charge >= 0.3 is 0 Å². The monoisotopic (exact) mass is 242 g/mol. The number of carbonyl (C=O) groups is 1. The molecule has 4 nitrogen and oxygen atoms in total. The van der Waals surface area contributed by atoms with Crippen LogP contribution in [-0.2, 0) is 9.53 Å². The van der Waals surface area contributed by atoms with E-state index in [-0.39, 0.29) is 12.0 Å². The van der Waals surface area contributed by atoms with Gasteiger partial charge in [0.15, 0.2) is 0 Å². The van der Waals surface area contributed by atoms with Crippen molar-refractivity contribution in [1.29, 1.82) is 0 Å². The Bertz CT molecular complexity index is 225. The highest BCUT2D eigenvalue weighted by Gasteiger charge is 2.25. The van der Waals surface area contributed by atoms with Gasteiger partial charge in [0, 0.05) is 6.04 Å². The van der Waals surface area contributed by atoms with Crippen LogP contribution in [0.2, 0.25) is 0 Å². The molecule has 4 heteroatoms. The number of hydrogen-bond donors (Lipinski definition) is 2. The Morgan fingerprint density at radius 2 is 2.00 bits per heavy atom. The summed E-state index contributed by atoms with van der Waals surface area (Å²) in [6.07, 6.45) is 6.00. The fourth-order valence-electron chi connectivity index (χ4n) is 2.35. The summed E-state index contributed by atoms with van der Waals surface area (Å²) in [7, 11) is 0. The van der Waals surface area contributed by atoms with Crippen molar-refractivity contribution in [1.82, 2.24) is 5.32 Å². The van der Waals surface area contributed by atoms with Crippen molar-refractivity contribution < 1.29 is 9.53 Å². The second-order valence-electron chi connectivity index (χ2n) is 4.86. The largest absolute Gasteiger partial charge is 0.367 e. The molecule has 100 valence electrons. The molecule has 0 aromatic heterocycles. The molecule has 0 saturated heterocycles. The Balaban J connectivity index is 2.24. The van der Waals surface area contributed by atoms with Gasteiger partial charge in [0.1, 0.15) is 6.10 Å². The Kier molecular flexibility index (Phi) is 6.52. The average Bonchev–Trinajstić information content (AvgIpc) is 2.34. The van der Waals surface area contributed by atoms with Gasteiger partial charge in [-0.15, -0.1) is 0 Å². The lowest BCUT2D eigenvalue weighted by atomic mass is 9.92. The number of ether oxygens (including phenoxy) is 1. The normalized spacial score (nSPS) is 26.7. The van der Waals surface area contributed by atoms with Gasteiger partial charge < -0.3 is 15.8 Å². The van der Waals surface area contributed by atoms with Crippen LogP contribution >= 0.6 is 0 Å². The highest BCUT2D eigenvalue weighted by molar-refractivity contribution is 5.78. The highest BCUT2D eigenvalue weighted by Crippen LogP contribution is 2.22. The predicted octanol–water partition coefficient (Wildman–Crippen LogP) is 1.58. The van der Waals surface area contributed by atoms with Gasteiger partial charge in [-0.3, -0.25) is 4.79 Å². The third-order valence-corrected chi connectivity index (χ3v) is 3.40. The fourth-order valence-corrected chi connectivity index (χ4v) is 2.35. The highest BCUT2D eigenvalue weighted by atomic mass is 16.5. The average molecular weight is 242 g/mol. The summed E-state index contributed by atoms with van der Waals surface area (Å²) in [4.78, 5) is 11.1. The van der Waals surface area contributed by atoms with Gasteiger partial charge in [0.2, 0.25) is 5.91 Å². The van der Waals surface area contributed by atoms with Crippen molar-refractivity contribution in [2.24, 2.45) is 5.73 Å². The maximum absolute atomic E-state index is 11.1. The van der Waals surface area contributed by atoms with E-state index >= 15 is 0 Å². The molecule has 0 heterocycles. The number of primary amides is 1. The smallest absolute Gasteiger partial charge is 0.246 e. The summed E-state index contributed by atoms with van der Waals surface area (Å²) in [5, 5.41) is 3.53. The lowest BCUT2D eigenvalue weighted by Gasteiger charge is -2.31. The SMILES string of the molecule is CCCNC1CCC(OC(CC)C(N)=O)CC1. The van der Waals surface area contributed by atoms with Crippen LogP contribution in [0.1, 0.15) is 52.4 Å². The van der Waals surface area contributed by atoms with Gasteiger partial charge in [0.05, 0.1) is 6.10 Å². The Hall–Kier alpha value is -0.610. The van der Waals surface area contributed by atoms with Crippen LogP contribution in [0.4, 0.5) is 0 Å². The van der Waals surface area contributed by atoms with E-state index in [1.807, 2.05) is 6.92 Å². The molecule has 1 fully saturated rings. The lowest BCUT2D eigenvalue weighted by molar-refractivity contribution is -0.135. The molecule has 1 saturated carbocycles. The molecule has 0 aromatic carbocycles. The van der Waals surface area contributed by atoms with E-state index in [1.54, 1.807) is 0 Å². The summed E-state index contributed by atoms with van der Waals surface area (Å²) >= 11 is 0. The molecule has 1 amide bonds. The minimum Gasteiger partial charge on any atom is -0.367 e. The van der Waals surface area contributed by atoms with E-state index in [0.717, 1.165) is 32.2 Å². The number of amides is 1. The minimum absolute atomic E-state index is 0.215. The Morgan fingerprint density at radius 1 is 1.35 bits per heavy atom. The molecular weight excluding hydrogens is 216 g/mol. The van der Waals surface area contributed by atoms with Crippen molar-refractivity contribution in [2.45, 2.75) is 70.6 Å². The fraction of sp³-hybridized carbons (Fsp3) is 0.923. The van der Waals surface area contributed by atoms with Gasteiger partial charge in [-0.2, -0.15) is 0 Å². The van der Waals surface area contributed by atoms with Crippen molar-refractivity contribution >= 4 is 5.91 Å². The van der Waals surface area contributed by atoms with Crippen LogP contribution in [0.5, 0.6) is 0 Å². The number of nitrogens with two attached hydrogens (primary N) is 1. The van der Waals surface area contributed by atoms with Crippen LogP contribution in [0.25, 0.3) is 0 Å². The third-order valence-electron chi connectivity index (χ3n) is 3.40. The number of nitrogens with one attached hydrogen (secondary N) is 1. The summed E-state index contributed by atoms with van der Waals surface area (Å²) in [6.45, 7) is 5.21. The first kappa shape index (κ1) is 14.5. The second kappa shape index (κ2) is 7.67. The molecule has 1 rings (SSSR count). The molecule has 1 unspecified atom stereocenters. The summed E-state index contributed by atoms with van der Waals surface area (Å²) in [5.41, 5.74) is 5.28. The molecule has 0 spiro atoms. The van der Waals surface area contributed by atoms with Crippen molar-refractivity contribution in [3.05, 3.63) is 0 Å². The molecule has 0 radical (unpaired) electrons. The van der Waals surface area contributed by atoms with E-state index in [0.29, 0.717) is 12.5 Å². The second-order valence-corrected chi connectivity index (χ2v) is 4.86. The molecule has 17 heavy (non-hydrogen) atoms. The Morgan fingerprint density at radius 3 is 2.47 bits per heavy atom. The molecule has 0 aliphatic heterocycles. The van der Waals surface area contributed by atoms with E-state index < -0.39 is 6.10 Å². The molecule has 0 bridgehead atoms. The zero-order valence-corrected chi connectivity index (χ0v) is 11.1. The van der Waals surface area contributed by atoms with Crippen molar-refractivity contribution in [3.63, 3.8) is 0 Å². The first-order valence-corrected chi connectivity index (χ1v) is 6.85. The van der Waals surface area contributed by atoms with Gasteiger partial charge in [-0.05, 0) is 45.1 Å². The van der Waals surface area contributed by atoms with Crippen LogP contribution in [0.15, 0.2) is 0 Å². The van der Waals surface area contributed by atoms with E-state index in [1.165, 1.54) is 6.42 Å². The molecule has 1 aliphatic rings. The maximum atomic E-state index is 11.1. The summed E-state index contributed by atoms with van der Waals surface area (Å²) in [6, 6.07) is 0.628. The van der Waals surface area contributed by atoms with Crippen LogP contribution in [0, 0.1) is 0 Å². The van der Waals surface area contributed by atoms with Gasteiger partial charge in [-0.25, -0.2) is 0 Å². The topological polar surface area (TPSA) is 64.3 Å².